The van der Waals surface area contributed by atoms with Gasteiger partial charge in [-0.3, -0.25) is 9.10 Å². The number of ether oxygens (including phenoxy) is 1. The van der Waals surface area contributed by atoms with Crippen LogP contribution in [0, 0.1) is 5.82 Å². The van der Waals surface area contributed by atoms with Gasteiger partial charge >= 0.3 is 0 Å². The van der Waals surface area contributed by atoms with E-state index in [0.717, 1.165) is 24.8 Å². The van der Waals surface area contributed by atoms with Crippen molar-refractivity contribution in [3.05, 3.63) is 52.8 Å². The second-order valence-electron chi connectivity index (χ2n) is 8.21. The number of hydrogen-bond acceptors (Lipinski definition) is 5. The Morgan fingerprint density at radius 1 is 1.23 bits per heavy atom. The predicted octanol–water partition coefficient (Wildman–Crippen LogP) is 3.24. The molecule has 1 N–H and O–H groups in total. The van der Waals surface area contributed by atoms with Crippen LogP contribution in [0.25, 0.3) is 0 Å². The maximum absolute atomic E-state index is 13.4. The van der Waals surface area contributed by atoms with Crippen LogP contribution in [0.3, 0.4) is 0 Å². The van der Waals surface area contributed by atoms with Crippen molar-refractivity contribution in [2.45, 2.75) is 44.1 Å². The number of nitrogens with zero attached hydrogens (tertiary/aromatic N) is 2. The Labute approximate surface area is 181 Å². The molecule has 0 fully saturated rings. The summed E-state index contributed by atoms with van der Waals surface area (Å²) in [6, 6.07) is 7.69. The molecule has 2 aliphatic heterocycles. The lowest BCUT2D eigenvalue weighted by molar-refractivity contribution is -0.123. The average Bonchev–Trinajstić information content (AvgIpc) is 3.08. The van der Waals surface area contributed by atoms with Gasteiger partial charge in [0, 0.05) is 19.2 Å². The SMILES string of the molecule is CNC(=O)C1c2cc3c(nc2OC1c1ccc(F)cc1)N(S(C)(=O)=O)CCCCC3C. The molecule has 0 saturated carbocycles. The maximum atomic E-state index is 13.4. The highest BCUT2D eigenvalue weighted by Gasteiger charge is 2.43. The van der Waals surface area contributed by atoms with E-state index in [-0.39, 0.29) is 23.5 Å². The second-order valence-corrected chi connectivity index (χ2v) is 10.1. The molecule has 2 aromatic rings. The van der Waals surface area contributed by atoms with Gasteiger partial charge in [-0.15, -0.1) is 0 Å². The fraction of sp³-hybridized carbons (Fsp3) is 0.455. The Morgan fingerprint density at radius 3 is 2.58 bits per heavy atom. The standard InChI is InChI=1S/C22H26FN3O4S/c1-13-6-4-5-11-26(31(3,28)29)20-16(13)12-17-18(21(27)24-2)19(30-22(17)25-20)14-7-9-15(23)10-8-14/h7-10,12-13,18-19H,4-6,11H2,1-3H3,(H,24,27). The number of carbonyl (C=O) groups excluding carboxylic acids is 1. The molecule has 3 atom stereocenters. The van der Waals surface area contributed by atoms with E-state index in [1.54, 1.807) is 19.2 Å². The highest BCUT2D eigenvalue weighted by atomic mass is 32.2. The number of likely N-dealkylation sites (N-methyl/N-ethyl adjacent to an activating group) is 1. The number of sulfonamides is 1. The predicted molar refractivity (Wildman–Crippen MR) is 115 cm³/mol. The maximum Gasteiger partial charge on any atom is 0.233 e. The smallest absolute Gasteiger partial charge is 0.233 e. The Kier molecular flexibility index (Phi) is 5.63. The second kappa shape index (κ2) is 8.11. The molecule has 0 aliphatic carbocycles. The fourth-order valence-corrected chi connectivity index (χ4v) is 5.31. The first-order valence-corrected chi connectivity index (χ1v) is 12.2. The van der Waals surface area contributed by atoms with Gasteiger partial charge in [0.2, 0.25) is 21.8 Å². The van der Waals surface area contributed by atoms with Gasteiger partial charge in [-0.1, -0.05) is 25.5 Å². The van der Waals surface area contributed by atoms with Crippen molar-refractivity contribution in [2.24, 2.45) is 0 Å². The molecule has 166 valence electrons. The number of aromatic nitrogens is 1. The summed E-state index contributed by atoms with van der Waals surface area (Å²) in [6.45, 7) is 2.39. The van der Waals surface area contributed by atoms with Crippen LogP contribution in [-0.4, -0.2) is 39.2 Å². The molecule has 7 nitrogen and oxygen atoms in total. The van der Waals surface area contributed by atoms with E-state index >= 15 is 0 Å². The number of hydrogen-bond donors (Lipinski definition) is 1. The molecule has 0 bridgehead atoms. The van der Waals surface area contributed by atoms with Crippen molar-refractivity contribution in [1.29, 1.82) is 0 Å². The van der Waals surface area contributed by atoms with Crippen molar-refractivity contribution in [3.8, 4) is 5.88 Å². The Balaban J connectivity index is 1.87. The molecular formula is C22H26FN3O4S. The van der Waals surface area contributed by atoms with Crippen LogP contribution < -0.4 is 14.4 Å². The van der Waals surface area contributed by atoms with Crippen molar-refractivity contribution < 1.29 is 22.3 Å². The molecule has 1 aromatic heterocycles. The number of pyridine rings is 1. The minimum atomic E-state index is -3.53. The number of carbonyl (C=O) groups is 1. The fourth-order valence-electron chi connectivity index (χ4n) is 4.39. The number of rotatable bonds is 3. The minimum Gasteiger partial charge on any atom is -0.468 e. The van der Waals surface area contributed by atoms with Crippen LogP contribution in [0.2, 0.25) is 0 Å². The van der Waals surface area contributed by atoms with Crippen LogP contribution in [0.5, 0.6) is 5.88 Å². The summed E-state index contributed by atoms with van der Waals surface area (Å²) in [5.41, 5.74) is 2.06. The monoisotopic (exact) mass is 447 g/mol. The topological polar surface area (TPSA) is 88.6 Å². The zero-order valence-electron chi connectivity index (χ0n) is 17.8. The van der Waals surface area contributed by atoms with Gasteiger partial charge in [-0.05, 0) is 48.1 Å². The van der Waals surface area contributed by atoms with E-state index in [4.69, 9.17) is 4.74 Å². The van der Waals surface area contributed by atoms with Gasteiger partial charge in [0.25, 0.3) is 0 Å². The van der Waals surface area contributed by atoms with Crippen LogP contribution in [0.15, 0.2) is 30.3 Å². The van der Waals surface area contributed by atoms with Gasteiger partial charge < -0.3 is 10.1 Å². The zero-order chi connectivity index (χ0) is 22.3. The summed E-state index contributed by atoms with van der Waals surface area (Å²) >= 11 is 0. The molecule has 0 radical (unpaired) electrons. The van der Waals surface area contributed by atoms with E-state index in [1.165, 1.54) is 22.7 Å². The molecule has 3 unspecified atom stereocenters. The lowest BCUT2D eigenvalue weighted by Gasteiger charge is -2.29. The van der Waals surface area contributed by atoms with E-state index in [0.29, 0.717) is 23.5 Å². The average molecular weight is 448 g/mol. The number of benzene rings is 1. The first kappa shape index (κ1) is 21.5. The van der Waals surface area contributed by atoms with Gasteiger partial charge in [-0.25, -0.2) is 12.8 Å². The lowest BCUT2D eigenvalue weighted by Crippen LogP contribution is -2.34. The van der Waals surface area contributed by atoms with Crippen molar-refractivity contribution in [2.75, 3.05) is 24.2 Å². The first-order chi connectivity index (χ1) is 14.7. The Morgan fingerprint density at radius 2 is 1.94 bits per heavy atom. The number of anilines is 1. The Hall–Kier alpha value is -2.68. The summed E-state index contributed by atoms with van der Waals surface area (Å²) in [5, 5.41) is 2.68. The number of amides is 1. The van der Waals surface area contributed by atoms with Crippen molar-refractivity contribution in [1.82, 2.24) is 10.3 Å². The van der Waals surface area contributed by atoms with Crippen molar-refractivity contribution in [3.63, 3.8) is 0 Å². The lowest BCUT2D eigenvalue weighted by atomic mass is 9.87. The summed E-state index contributed by atoms with van der Waals surface area (Å²) in [7, 11) is -1.98. The molecular weight excluding hydrogens is 421 g/mol. The number of nitrogens with one attached hydrogen (secondary N) is 1. The van der Waals surface area contributed by atoms with Crippen molar-refractivity contribution >= 4 is 21.7 Å². The van der Waals surface area contributed by atoms with Crippen LogP contribution >= 0.6 is 0 Å². The summed E-state index contributed by atoms with van der Waals surface area (Å²) in [5.74, 6) is -0.616. The summed E-state index contributed by atoms with van der Waals surface area (Å²) in [4.78, 5) is 17.4. The highest BCUT2D eigenvalue weighted by molar-refractivity contribution is 7.92. The highest BCUT2D eigenvalue weighted by Crippen LogP contribution is 2.48. The largest absolute Gasteiger partial charge is 0.468 e. The van der Waals surface area contributed by atoms with Gasteiger partial charge in [0.1, 0.15) is 23.7 Å². The molecule has 31 heavy (non-hydrogen) atoms. The number of fused-ring (bicyclic) bond motifs is 2. The van der Waals surface area contributed by atoms with Gasteiger partial charge in [-0.2, -0.15) is 4.98 Å². The number of halogens is 1. The van der Waals surface area contributed by atoms with E-state index in [2.05, 4.69) is 10.3 Å². The third-order valence-corrected chi connectivity index (χ3v) is 7.20. The summed E-state index contributed by atoms with van der Waals surface area (Å²) < 4.78 is 45.9. The molecule has 4 rings (SSSR count). The third kappa shape index (κ3) is 3.98. The third-order valence-electron chi connectivity index (χ3n) is 6.04. The minimum absolute atomic E-state index is 0.0764. The molecule has 2 aliphatic rings. The van der Waals surface area contributed by atoms with E-state index in [9.17, 15) is 17.6 Å². The van der Waals surface area contributed by atoms with E-state index in [1.807, 2.05) is 13.0 Å². The van der Waals surface area contributed by atoms with E-state index < -0.39 is 22.0 Å². The van der Waals surface area contributed by atoms with Gasteiger partial charge in [0.15, 0.2) is 0 Å². The van der Waals surface area contributed by atoms with Crippen LogP contribution in [0.1, 0.15) is 60.8 Å². The molecule has 9 heteroatoms. The molecule has 0 spiro atoms. The zero-order valence-corrected chi connectivity index (χ0v) is 18.6. The van der Waals surface area contributed by atoms with Gasteiger partial charge in [0.05, 0.1) is 6.26 Å². The first-order valence-electron chi connectivity index (χ1n) is 10.4. The quantitative estimate of drug-likeness (QED) is 0.780. The molecule has 3 heterocycles. The molecule has 1 amide bonds. The molecule has 0 saturated heterocycles. The normalized spacial score (nSPS) is 23.2. The summed E-state index contributed by atoms with van der Waals surface area (Å²) in [6.07, 6.45) is 3.04. The molecule has 1 aromatic carbocycles. The van der Waals surface area contributed by atoms with Crippen LogP contribution in [0.4, 0.5) is 10.2 Å². The Bertz CT molecular complexity index is 1100. The van der Waals surface area contributed by atoms with Crippen LogP contribution in [-0.2, 0) is 14.8 Å².